The van der Waals surface area contributed by atoms with Crippen molar-refractivity contribution in [3.05, 3.63) is 29.8 Å². The molecule has 3 unspecified atom stereocenters. The van der Waals surface area contributed by atoms with Gasteiger partial charge in [-0.05, 0) is 54.7 Å². The molecule has 2 saturated carbocycles. The molecule has 110 valence electrons. The van der Waals surface area contributed by atoms with Gasteiger partial charge < -0.3 is 5.32 Å². The fraction of sp³-hybridized carbons (Fsp3) is 0.667. The molecule has 2 fully saturated rings. The van der Waals surface area contributed by atoms with Gasteiger partial charge in [-0.2, -0.15) is 0 Å². The first kappa shape index (κ1) is 14.5. The van der Waals surface area contributed by atoms with E-state index in [0.717, 1.165) is 24.3 Å². The Morgan fingerprint density at radius 1 is 1.15 bits per heavy atom. The van der Waals surface area contributed by atoms with E-state index in [1.165, 1.54) is 41.9 Å². The first-order chi connectivity index (χ1) is 9.70. The average molecular weight is 289 g/mol. The van der Waals surface area contributed by atoms with Crippen LogP contribution in [0.2, 0.25) is 0 Å². The second-order valence-electron chi connectivity index (χ2n) is 6.93. The summed E-state index contributed by atoms with van der Waals surface area (Å²) in [4.78, 5) is 1.45. The van der Waals surface area contributed by atoms with E-state index in [0.29, 0.717) is 6.04 Å². The number of hydrogen-bond donors (Lipinski definition) is 1. The van der Waals surface area contributed by atoms with Crippen molar-refractivity contribution in [2.24, 2.45) is 17.8 Å². The van der Waals surface area contributed by atoms with E-state index in [9.17, 15) is 0 Å². The Labute approximate surface area is 127 Å². The van der Waals surface area contributed by atoms with Crippen LogP contribution in [0.4, 0.5) is 0 Å². The highest BCUT2D eigenvalue weighted by Gasteiger charge is 2.38. The van der Waals surface area contributed by atoms with E-state index >= 15 is 0 Å². The Hall–Kier alpha value is -0.470. The maximum atomic E-state index is 3.47. The summed E-state index contributed by atoms with van der Waals surface area (Å²) >= 11 is 2.07. The van der Waals surface area contributed by atoms with Gasteiger partial charge in [-0.15, -0.1) is 11.8 Å². The molecule has 0 aromatic heterocycles. The lowest BCUT2D eigenvalue weighted by molar-refractivity contribution is 0.365. The van der Waals surface area contributed by atoms with Crippen molar-refractivity contribution in [3.63, 3.8) is 0 Å². The fourth-order valence-corrected chi connectivity index (χ4v) is 4.95. The number of thioether (sulfide) groups is 1. The lowest BCUT2D eigenvalue weighted by atomic mass is 9.90. The summed E-state index contributed by atoms with van der Waals surface area (Å²) in [7, 11) is 0. The quantitative estimate of drug-likeness (QED) is 0.761. The van der Waals surface area contributed by atoms with Crippen molar-refractivity contribution in [1.29, 1.82) is 0 Å². The van der Waals surface area contributed by atoms with Crippen LogP contribution in [0.3, 0.4) is 0 Å². The van der Waals surface area contributed by atoms with E-state index in [-0.39, 0.29) is 0 Å². The van der Waals surface area contributed by atoms with Gasteiger partial charge in [-0.3, -0.25) is 0 Å². The molecule has 20 heavy (non-hydrogen) atoms. The number of nitrogens with one attached hydrogen (secondary N) is 1. The molecule has 0 spiro atoms. The van der Waals surface area contributed by atoms with Gasteiger partial charge >= 0.3 is 0 Å². The molecule has 0 saturated heterocycles. The number of benzene rings is 1. The van der Waals surface area contributed by atoms with Gasteiger partial charge in [0, 0.05) is 23.2 Å². The average Bonchev–Trinajstić information content (AvgIpc) is 3.06. The van der Waals surface area contributed by atoms with Crippen molar-refractivity contribution in [2.45, 2.75) is 57.0 Å². The predicted octanol–water partition coefficient (Wildman–Crippen LogP) is 4.71. The van der Waals surface area contributed by atoms with Crippen LogP contribution in [-0.4, -0.2) is 11.8 Å². The number of fused-ring (bicyclic) bond motifs is 2. The predicted molar refractivity (Wildman–Crippen MR) is 88.1 cm³/mol. The summed E-state index contributed by atoms with van der Waals surface area (Å²) < 4.78 is 0. The van der Waals surface area contributed by atoms with Gasteiger partial charge in [0.25, 0.3) is 0 Å². The van der Waals surface area contributed by atoms with E-state index in [1.54, 1.807) is 0 Å². The zero-order valence-corrected chi connectivity index (χ0v) is 13.6. The summed E-state index contributed by atoms with van der Waals surface area (Å²) in [6.45, 7) is 5.37. The standard InChI is InChI=1S/C18H27NS/c1-13(2)19-11-14-4-7-18(8-5-14)20-12-17-10-15-3-6-16(17)9-15/h4-5,7-8,13,15-17,19H,3,6,9-12H2,1-2H3. The van der Waals surface area contributed by atoms with Crippen LogP contribution < -0.4 is 5.32 Å². The number of hydrogen-bond acceptors (Lipinski definition) is 2. The minimum Gasteiger partial charge on any atom is -0.310 e. The molecular weight excluding hydrogens is 262 g/mol. The molecule has 2 aliphatic rings. The first-order valence-corrected chi connectivity index (χ1v) is 9.14. The van der Waals surface area contributed by atoms with Crippen LogP contribution >= 0.6 is 11.8 Å². The molecule has 1 N–H and O–H groups in total. The maximum absolute atomic E-state index is 3.47. The van der Waals surface area contributed by atoms with Gasteiger partial charge in [-0.25, -0.2) is 0 Å². The van der Waals surface area contributed by atoms with Crippen LogP contribution in [0, 0.1) is 17.8 Å². The molecule has 1 aromatic rings. The lowest BCUT2D eigenvalue weighted by Crippen LogP contribution is -2.21. The zero-order valence-electron chi connectivity index (χ0n) is 12.8. The summed E-state index contributed by atoms with van der Waals surface area (Å²) in [6, 6.07) is 9.71. The SMILES string of the molecule is CC(C)NCc1ccc(SCC2CC3CCC2C3)cc1. The summed E-state index contributed by atoms with van der Waals surface area (Å²) in [5.74, 6) is 4.48. The Morgan fingerprint density at radius 3 is 2.55 bits per heavy atom. The highest BCUT2D eigenvalue weighted by atomic mass is 32.2. The molecule has 2 heteroatoms. The lowest BCUT2D eigenvalue weighted by Gasteiger charge is -2.21. The van der Waals surface area contributed by atoms with Gasteiger partial charge in [-0.1, -0.05) is 32.4 Å². The second-order valence-corrected chi connectivity index (χ2v) is 8.02. The van der Waals surface area contributed by atoms with E-state index in [4.69, 9.17) is 0 Å². The van der Waals surface area contributed by atoms with Gasteiger partial charge in [0.05, 0.1) is 0 Å². The van der Waals surface area contributed by atoms with E-state index in [1.807, 2.05) is 0 Å². The van der Waals surface area contributed by atoms with Crippen LogP contribution in [0.25, 0.3) is 0 Å². The Balaban J connectivity index is 1.46. The Bertz CT molecular complexity index is 426. The van der Waals surface area contributed by atoms with Gasteiger partial charge in [0.1, 0.15) is 0 Å². The van der Waals surface area contributed by atoms with Crippen LogP contribution in [0.5, 0.6) is 0 Å². The molecule has 1 aromatic carbocycles. The van der Waals surface area contributed by atoms with Crippen molar-refractivity contribution >= 4 is 11.8 Å². The van der Waals surface area contributed by atoms with Gasteiger partial charge in [0.2, 0.25) is 0 Å². The minimum atomic E-state index is 0.557. The molecule has 0 radical (unpaired) electrons. The summed E-state index contributed by atoms with van der Waals surface area (Å²) in [5.41, 5.74) is 1.39. The molecule has 0 heterocycles. The highest BCUT2D eigenvalue weighted by Crippen LogP contribution is 2.49. The second kappa shape index (κ2) is 6.53. The van der Waals surface area contributed by atoms with Crippen molar-refractivity contribution in [2.75, 3.05) is 5.75 Å². The monoisotopic (exact) mass is 289 g/mol. The van der Waals surface area contributed by atoms with E-state index < -0.39 is 0 Å². The summed E-state index contributed by atoms with van der Waals surface area (Å²) in [5, 5.41) is 3.47. The molecule has 3 atom stereocenters. The Kier molecular flexibility index (Phi) is 4.72. The summed E-state index contributed by atoms with van der Waals surface area (Å²) in [6.07, 6.45) is 6.07. The third-order valence-corrected chi connectivity index (χ3v) is 6.19. The third kappa shape index (κ3) is 3.59. The Morgan fingerprint density at radius 2 is 1.95 bits per heavy atom. The number of rotatable bonds is 6. The van der Waals surface area contributed by atoms with Gasteiger partial charge in [0.15, 0.2) is 0 Å². The largest absolute Gasteiger partial charge is 0.310 e. The molecule has 0 aliphatic heterocycles. The molecule has 3 rings (SSSR count). The smallest absolute Gasteiger partial charge is 0.0207 e. The molecule has 2 aliphatic carbocycles. The van der Waals surface area contributed by atoms with Crippen molar-refractivity contribution in [3.8, 4) is 0 Å². The molecule has 0 amide bonds. The van der Waals surface area contributed by atoms with Crippen LogP contribution in [-0.2, 0) is 6.54 Å². The third-order valence-electron chi connectivity index (χ3n) is 4.99. The first-order valence-electron chi connectivity index (χ1n) is 8.16. The van der Waals surface area contributed by atoms with Crippen LogP contribution in [0.1, 0.15) is 45.1 Å². The zero-order chi connectivity index (χ0) is 13.9. The minimum absolute atomic E-state index is 0.557. The van der Waals surface area contributed by atoms with Crippen molar-refractivity contribution < 1.29 is 0 Å². The molecule has 1 nitrogen and oxygen atoms in total. The fourth-order valence-electron chi connectivity index (χ4n) is 3.81. The highest BCUT2D eigenvalue weighted by molar-refractivity contribution is 7.99. The van der Waals surface area contributed by atoms with E-state index in [2.05, 4.69) is 55.2 Å². The van der Waals surface area contributed by atoms with Crippen LogP contribution in [0.15, 0.2) is 29.2 Å². The molecular formula is C18H27NS. The maximum Gasteiger partial charge on any atom is 0.0207 e. The normalized spacial score (nSPS) is 28.4. The van der Waals surface area contributed by atoms with Crippen molar-refractivity contribution in [1.82, 2.24) is 5.32 Å². The topological polar surface area (TPSA) is 12.0 Å². The molecule has 2 bridgehead atoms.